The van der Waals surface area contributed by atoms with Crippen molar-refractivity contribution >= 4 is 17.1 Å². The van der Waals surface area contributed by atoms with Crippen molar-refractivity contribution in [1.29, 1.82) is 0 Å². The van der Waals surface area contributed by atoms with Crippen LogP contribution in [0.4, 0.5) is 11.4 Å². The number of rotatable bonds is 4. The zero-order chi connectivity index (χ0) is 11.5. The number of nitro groups is 1. The van der Waals surface area contributed by atoms with Crippen LogP contribution in [-0.2, 0) is 0 Å². The van der Waals surface area contributed by atoms with Crippen molar-refractivity contribution in [3.63, 3.8) is 0 Å². The highest BCUT2D eigenvalue weighted by atomic mass is 16.6. The predicted octanol–water partition coefficient (Wildman–Crippen LogP) is 2.79. The molecule has 0 saturated heterocycles. The van der Waals surface area contributed by atoms with E-state index in [2.05, 4.69) is 10.5 Å². The van der Waals surface area contributed by atoms with Crippen molar-refractivity contribution in [2.24, 2.45) is 11.0 Å². The number of hydrogen-bond acceptors (Lipinski definition) is 4. The SMILES string of the molecule is C/C(=N\Nc1ccccc1[N+](=O)[O-])C1CC1. The van der Waals surface area contributed by atoms with E-state index in [-0.39, 0.29) is 5.69 Å². The van der Waals surface area contributed by atoms with Gasteiger partial charge >= 0.3 is 0 Å². The zero-order valence-corrected chi connectivity index (χ0v) is 9.01. The average molecular weight is 219 g/mol. The third-order valence-electron chi connectivity index (χ3n) is 2.62. The number of nitrogens with one attached hydrogen (secondary N) is 1. The number of nitro benzene ring substituents is 1. The van der Waals surface area contributed by atoms with Crippen LogP contribution in [0.5, 0.6) is 0 Å². The van der Waals surface area contributed by atoms with E-state index in [0.29, 0.717) is 11.6 Å². The molecule has 2 rings (SSSR count). The van der Waals surface area contributed by atoms with Crippen LogP contribution < -0.4 is 5.43 Å². The second-order valence-electron chi connectivity index (χ2n) is 3.91. The van der Waals surface area contributed by atoms with Gasteiger partial charge in [0.15, 0.2) is 0 Å². The van der Waals surface area contributed by atoms with Gasteiger partial charge in [-0.3, -0.25) is 15.5 Å². The molecular weight excluding hydrogens is 206 g/mol. The van der Waals surface area contributed by atoms with E-state index in [4.69, 9.17) is 0 Å². The molecule has 0 amide bonds. The van der Waals surface area contributed by atoms with Crippen LogP contribution in [0.2, 0.25) is 0 Å². The minimum Gasteiger partial charge on any atom is -0.272 e. The lowest BCUT2D eigenvalue weighted by atomic mass is 10.3. The maximum Gasteiger partial charge on any atom is 0.294 e. The van der Waals surface area contributed by atoms with Crippen molar-refractivity contribution in [2.45, 2.75) is 19.8 Å². The number of para-hydroxylation sites is 2. The highest BCUT2D eigenvalue weighted by Crippen LogP contribution is 2.31. The average Bonchev–Trinajstić information content (AvgIpc) is 3.10. The summed E-state index contributed by atoms with van der Waals surface area (Å²) in [5.41, 5.74) is 4.26. The molecule has 0 unspecified atom stereocenters. The molecule has 1 aromatic rings. The molecule has 1 aliphatic rings. The number of benzene rings is 1. The lowest BCUT2D eigenvalue weighted by Crippen LogP contribution is -2.01. The van der Waals surface area contributed by atoms with Crippen LogP contribution >= 0.6 is 0 Å². The second-order valence-corrected chi connectivity index (χ2v) is 3.91. The molecule has 1 aliphatic carbocycles. The van der Waals surface area contributed by atoms with Crippen LogP contribution in [0.25, 0.3) is 0 Å². The van der Waals surface area contributed by atoms with Gasteiger partial charge in [-0.15, -0.1) is 0 Å². The van der Waals surface area contributed by atoms with Gasteiger partial charge < -0.3 is 0 Å². The Bertz CT molecular complexity index is 439. The third-order valence-corrected chi connectivity index (χ3v) is 2.62. The molecular formula is C11H13N3O2. The van der Waals surface area contributed by atoms with E-state index >= 15 is 0 Å². The van der Waals surface area contributed by atoms with Crippen molar-refractivity contribution in [3.8, 4) is 0 Å². The molecule has 0 radical (unpaired) electrons. The first kappa shape index (κ1) is 10.6. The molecule has 1 fully saturated rings. The highest BCUT2D eigenvalue weighted by molar-refractivity contribution is 5.87. The van der Waals surface area contributed by atoms with Crippen LogP contribution in [0.15, 0.2) is 29.4 Å². The summed E-state index contributed by atoms with van der Waals surface area (Å²) in [5.74, 6) is 0.565. The summed E-state index contributed by atoms with van der Waals surface area (Å²) in [7, 11) is 0. The van der Waals surface area contributed by atoms with Crippen molar-refractivity contribution < 1.29 is 4.92 Å². The molecule has 0 aliphatic heterocycles. The van der Waals surface area contributed by atoms with Gasteiger partial charge in [0.1, 0.15) is 5.69 Å². The van der Waals surface area contributed by atoms with E-state index in [1.165, 1.54) is 18.9 Å². The summed E-state index contributed by atoms with van der Waals surface area (Å²) in [5, 5.41) is 14.9. The lowest BCUT2D eigenvalue weighted by Gasteiger charge is -2.02. The molecule has 1 aromatic carbocycles. The fourth-order valence-electron chi connectivity index (χ4n) is 1.47. The minimum atomic E-state index is -0.412. The Morgan fingerprint density at radius 1 is 1.50 bits per heavy atom. The lowest BCUT2D eigenvalue weighted by molar-refractivity contribution is -0.384. The number of anilines is 1. The summed E-state index contributed by atoms with van der Waals surface area (Å²) in [6.07, 6.45) is 2.35. The monoisotopic (exact) mass is 219 g/mol. The minimum absolute atomic E-state index is 0.0508. The Hall–Kier alpha value is -1.91. The largest absolute Gasteiger partial charge is 0.294 e. The fourth-order valence-corrected chi connectivity index (χ4v) is 1.47. The second kappa shape index (κ2) is 4.30. The Balaban J connectivity index is 2.14. The number of hydrazone groups is 1. The molecule has 1 N–H and O–H groups in total. The highest BCUT2D eigenvalue weighted by Gasteiger charge is 2.24. The Morgan fingerprint density at radius 3 is 2.81 bits per heavy atom. The normalized spacial score (nSPS) is 15.9. The molecule has 0 spiro atoms. The molecule has 0 heterocycles. The molecule has 0 atom stereocenters. The molecule has 5 nitrogen and oxygen atoms in total. The molecule has 84 valence electrons. The smallest absolute Gasteiger partial charge is 0.272 e. The summed E-state index contributed by atoms with van der Waals surface area (Å²) in [4.78, 5) is 10.3. The first-order chi connectivity index (χ1) is 7.68. The Labute approximate surface area is 93.3 Å². The summed E-state index contributed by atoms with van der Waals surface area (Å²) >= 11 is 0. The first-order valence-corrected chi connectivity index (χ1v) is 5.22. The van der Waals surface area contributed by atoms with E-state index in [1.54, 1.807) is 18.2 Å². The summed E-state index contributed by atoms with van der Waals surface area (Å²) in [6, 6.07) is 6.50. The van der Waals surface area contributed by atoms with Gasteiger partial charge in [-0.25, -0.2) is 0 Å². The maximum atomic E-state index is 10.7. The summed E-state index contributed by atoms with van der Waals surface area (Å²) in [6.45, 7) is 1.94. The van der Waals surface area contributed by atoms with Crippen LogP contribution in [-0.4, -0.2) is 10.6 Å². The Kier molecular flexibility index (Phi) is 2.85. The van der Waals surface area contributed by atoms with Crippen molar-refractivity contribution in [2.75, 3.05) is 5.43 Å². The molecule has 0 aromatic heterocycles. The third kappa shape index (κ3) is 2.36. The van der Waals surface area contributed by atoms with Crippen LogP contribution in [0.3, 0.4) is 0 Å². The van der Waals surface area contributed by atoms with E-state index in [1.807, 2.05) is 6.92 Å². The number of nitrogens with zero attached hydrogens (tertiary/aromatic N) is 2. The predicted molar refractivity (Wildman–Crippen MR) is 62.6 cm³/mol. The number of hydrogen-bond donors (Lipinski definition) is 1. The van der Waals surface area contributed by atoms with Gasteiger partial charge in [0.25, 0.3) is 5.69 Å². The molecule has 16 heavy (non-hydrogen) atoms. The maximum absolute atomic E-state index is 10.7. The molecule has 5 heteroatoms. The Morgan fingerprint density at radius 2 is 2.19 bits per heavy atom. The fraction of sp³-hybridized carbons (Fsp3) is 0.364. The van der Waals surface area contributed by atoms with Crippen molar-refractivity contribution in [3.05, 3.63) is 34.4 Å². The van der Waals surface area contributed by atoms with E-state index < -0.39 is 4.92 Å². The van der Waals surface area contributed by atoms with E-state index in [9.17, 15) is 10.1 Å². The standard InChI is InChI=1S/C11H13N3O2/c1-8(9-6-7-9)12-13-10-4-2-3-5-11(10)14(15)16/h2-5,9,13H,6-7H2,1H3/b12-8+. The van der Waals surface area contributed by atoms with Gasteiger partial charge in [-0.05, 0) is 31.7 Å². The molecule has 0 bridgehead atoms. The van der Waals surface area contributed by atoms with Gasteiger partial charge in [0.05, 0.1) is 4.92 Å². The van der Waals surface area contributed by atoms with Crippen molar-refractivity contribution in [1.82, 2.24) is 0 Å². The van der Waals surface area contributed by atoms with Crippen LogP contribution in [0.1, 0.15) is 19.8 Å². The van der Waals surface area contributed by atoms with Gasteiger partial charge in [-0.2, -0.15) is 5.10 Å². The van der Waals surface area contributed by atoms with Crippen LogP contribution in [0, 0.1) is 16.0 Å². The van der Waals surface area contributed by atoms with Gasteiger partial charge in [0.2, 0.25) is 0 Å². The molecule has 1 saturated carbocycles. The van der Waals surface area contributed by atoms with Gasteiger partial charge in [-0.1, -0.05) is 12.1 Å². The first-order valence-electron chi connectivity index (χ1n) is 5.22. The van der Waals surface area contributed by atoms with Gasteiger partial charge in [0, 0.05) is 11.8 Å². The van der Waals surface area contributed by atoms with E-state index in [0.717, 1.165) is 5.71 Å². The zero-order valence-electron chi connectivity index (χ0n) is 9.01. The summed E-state index contributed by atoms with van der Waals surface area (Å²) < 4.78 is 0. The topological polar surface area (TPSA) is 67.5 Å². The quantitative estimate of drug-likeness (QED) is 0.481.